The zero-order valence-corrected chi connectivity index (χ0v) is 21.9. The fourth-order valence-corrected chi connectivity index (χ4v) is 5.18. The normalized spacial score (nSPS) is 17.9. The van der Waals surface area contributed by atoms with Crippen LogP contribution in [0.4, 0.5) is 23.4 Å². The molecule has 12 heteroatoms. The highest BCUT2D eigenvalue weighted by Crippen LogP contribution is 2.37. The van der Waals surface area contributed by atoms with Crippen molar-refractivity contribution < 1.29 is 4.52 Å². The second-order valence-corrected chi connectivity index (χ2v) is 9.89. The van der Waals surface area contributed by atoms with Crippen molar-refractivity contribution in [3.8, 4) is 17.5 Å². The fraction of sp³-hybridized carbons (Fsp3) is 0.407. The van der Waals surface area contributed by atoms with E-state index in [9.17, 15) is 0 Å². The van der Waals surface area contributed by atoms with E-state index in [2.05, 4.69) is 46.4 Å². The third-order valence-corrected chi connectivity index (χ3v) is 7.19. The summed E-state index contributed by atoms with van der Waals surface area (Å²) in [5, 5.41) is 23.9. The molecule has 0 unspecified atom stereocenters. The van der Waals surface area contributed by atoms with E-state index in [1.165, 1.54) is 0 Å². The number of nitrogens with one attached hydrogen (secondary N) is 2. The van der Waals surface area contributed by atoms with Gasteiger partial charge >= 0.3 is 0 Å². The Balaban J connectivity index is 1.28. The van der Waals surface area contributed by atoms with E-state index in [-0.39, 0.29) is 6.04 Å². The lowest BCUT2D eigenvalue weighted by Crippen LogP contribution is -2.47. The van der Waals surface area contributed by atoms with Crippen LogP contribution in [0, 0.1) is 18.3 Å². The molecule has 2 aliphatic heterocycles. The van der Waals surface area contributed by atoms with Crippen LogP contribution in [0.5, 0.6) is 0 Å². The summed E-state index contributed by atoms with van der Waals surface area (Å²) < 4.78 is 5.82. The van der Waals surface area contributed by atoms with Gasteiger partial charge in [-0.25, -0.2) is 0 Å². The summed E-state index contributed by atoms with van der Waals surface area (Å²) in [6, 6.07) is 13.9. The zero-order valence-electron chi connectivity index (χ0n) is 21.9. The molecular weight excluding hydrogens is 494 g/mol. The minimum absolute atomic E-state index is 0.0199. The van der Waals surface area contributed by atoms with E-state index >= 15 is 0 Å². The second-order valence-electron chi connectivity index (χ2n) is 9.89. The van der Waals surface area contributed by atoms with Crippen LogP contribution in [0.25, 0.3) is 11.4 Å². The molecule has 2 fully saturated rings. The molecular formula is C27H31N11O. The quantitative estimate of drug-likeness (QED) is 0.348. The lowest BCUT2D eigenvalue weighted by Gasteiger charge is -2.35. The Morgan fingerprint density at radius 2 is 1.97 bits per heavy atom. The Morgan fingerprint density at radius 1 is 1.08 bits per heavy atom. The monoisotopic (exact) mass is 525 g/mol. The van der Waals surface area contributed by atoms with Gasteiger partial charge in [0.05, 0.1) is 17.8 Å². The predicted molar refractivity (Wildman–Crippen MR) is 147 cm³/mol. The Kier molecular flexibility index (Phi) is 7.05. The van der Waals surface area contributed by atoms with Crippen LogP contribution >= 0.6 is 0 Å². The van der Waals surface area contributed by atoms with Crippen LogP contribution in [0.2, 0.25) is 0 Å². The number of hydrogen-bond acceptors (Lipinski definition) is 11. The lowest BCUT2D eigenvalue weighted by atomic mass is 10.1. The number of nitriles is 1. The van der Waals surface area contributed by atoms with Gasteiger partial charge in [0.1, 0.15) is 17.3 Å². The molecule has 0 bridgehead atoms. The van der Waals surface area contributed by atoms with Gasteiger partial charge in [-0.1, -0.05) is 11.2 Å². The molecule has 0 aliphatic carbocycles. The van der Waals surface area contributed by atoms with Gasteiger partial charge in [0.2, 0.25) is 5.95 Å². The number of hydrogen-bond donors (Lipinski definition) is 2. The van der Waals surface area contributed by atoms with Gasteiger partial charge in [-0.15, -0.1) is 0 Å². The largest absolute Gasteiger partial charge is 0.358 e. The summed E-state index contributed by atoms with van der Waals surface area (Å²) in [6.07, 6.45) is 4.22. The Labute approximate surface area is 226 Å². The van der Waals surface area contributed by atoms with Gasteiger partial charge in [0.15, 0.2) is 11.6 Å². The predicted octanol–water partition coefficient (Wildman–Crippen LogP) is 3.68. The first-order valence-electron chi connectivity index (χ1n) is 13.3. The van der Waals surface area contributed by atoms with Crippen molar-refractivity contribution in [1.82, 2.24) is 35.2 Å². The van der Waals surface area contributed by atoms with Crippen LogP contribution in [-0.4, -0.2) is 74.5 Å². The molecule has 0 amide bonds. The second kappa shape index (κ2) is 11.1. The van der Waals surface area contributed by atoms with E-state index in [0.29, 0.717) is 24.0 Å². The van der Waals surface area contributed by atoms with E-state index in [1.54, 1.807) is 6.20 Å². The summed E-state index contributed by atoms with van der Waals surface area (Å²) in [5.74, 6) is 3.69. The van der Waals surface area contributed by atoms with Crippen molar-refractivity contribution in [3.05, 3.63) is 54.0 Å². The van der Waals surface area contributed by atoms with Crippen LogP contribution in [0.1, 0.15) is 36.8 Å². The summed E-state index contributed by atoms with van der Waals surface area (Å²) >= 11 is 0. The molecule has 6 heterocycles. The summed E-state index contributed by atoms with van der Waals surface area (Å²) in [4.78, 5) is 21.2. The summed E-state index contributed by atoms with van der Waals surface area (Å²) in [5.41, 5.74) is 2.47. The molecule has 2 N–H and O–H groups in total. The molecule has 4 aromatic rings. The first kappa shape index (κ1) is 24.8. The average molecular weight is 526 g/mol. The van der Waals surface area contributed by atoms with E-state index < -0.39 is 0 Å². The molecule has 200 valence electrons. The first-order valence-corrected chi connectivity index (χ1v) is 13.3. The number of anilines is 4. The molecule has 0 aromatic carbocycles. The van der Waals surface area contributed by atoms with Crippen molar-refractivity contribution in [3.63, 3.8) is 0 Å². The van der Waals surface area contributed by atoms with Crippen molar-refractivity contribution in [2.45, 2.75) is 32.2 Å². The zero-order chi connectivity index (χ0) is 26.6. The van der Waals surface area contributed by atoms with Crippen LogP contribution in [0.3, 0.4) is 0 Å². The molecule has 2 aliphatic rings. The van der Waals surface area contributed by atoms with E-state index in [4.69, 9.17) is 19.8 Å². The molecule has 6 rings (SSSR count). The topological polar surface area (TPSA) is 139 Å². The van der Waals surface area contributed by atoms with Crippen molar-refractivity contribution in [1.29, 1.82) is 5.26 Å². The lowest BCUT2D eigenvalue weighted by molar-refractivity contribution is 0.263. The number of H-pyrrole nitrogens is 1. The van der Waals surface area contributed by atoms with Crippen molar-refractivity contribution in [2.24, 2.45) is 0 Å². The number of pyridine rings is 1. The van der Waals surface area contributed by atoms with Gasteiger partial charge < -0.3 is 19.6 Å². The van der Waals surface area contributed by atoms with Crippen LogP contribution in [0.15, 0.2) is 47.1 Å². The molecule has 0 spiro atoms. The molecule has 4 aromatic heterocycles. The maximum Gasteiger partial charge on any atom is 0.229 e. The van der Waals surface area contributed by atoms with Crippen molar-refractivity contribution in [2.75, 3.05) is 54.4 Å². The van der Waals surface area contributed by atoms with Gasteiger partial charge in [-0.3, -0.25) is 15.0 Å². The highest BCUT2D eigenvalue weighted by molar-refractivity contribution is 5.61. The molecule has 39 heavy (non-hydrogen) atoms. The maximum atomic E-state index is 8.94. The highest BCUT2D eigenvalue weighted by atomic mass is 16.5. The number of rotatable bonds is 8. The SMILES string of the molecule is Cc1cc(Nc2cc(N3CCN(CCC#N)CC3)nc(N3CCC[C@H]3c3cc(-c4ccccn4)no3)n2)n[nH]1. The Bertz CT molecular complexity index is 1440. The number of piperazine rings is 1. The van der Waals surface area contributed by atoms with Crippen LogP contribution < -0.4 is 15.1 Å². The Hall–Kier alpha value is -4.50. The fourth-order valence-electron chi connectivity index (χ4n) is 5.18. The molecule has 2 saturated heterocycles. The number of nitrogens with zero attached hydrogens (tertiary/aromatic N) is 9. The minimum atomic E-state index is -0.0199. The highest BCUT2D eigenvalue weighted by Gasteiger charge is 2.32. The van der Waals surface area contributed by atoms with Gasteiger partial charge in [0, 0.05) is 75.8 Å². The summed E-state index contributed by atoms with van der Waals surface area (Å²) in [6.45, 7) is 7.04. The molecule has 0 radical (unpaired) electrons. The Morgan fingerprint density at radius 3 is 2.74 bits per heavy atom. The standard InChI is InChI=1S/C27H31N11O/c1-19-16-25(34-33-19)30-24-18-26(37-14-12-36(13-15-37)10-5-8-28)32-27(31-24)38-11-4-7-22(38)23-17-21(35-39-23)20-6-2-3-9-29-20/h2-3,6,9,16-18,22H,4-5,7,10-15H2,1H3,(H2,30,31,32,33,34)/t22-/m0/s1. The third-order valence-electron chi connectivity index (χ3n) is 7.19. The molecule has 1 atom stereocenters. The molecule has 12 nitrogen and oxygen atoms in total. The minimum Gasteiger partial charge on any atom is -0.358 e. The van der Waals surface area contributed by atoms with E-state index in [0.717, 1.165) is 80.8 Å². The average Bonchev–Trinajstić information content (AvgIpc) is 3.74. The molecule has 0 saturated carbocycles. The number of aryl methyl sites for hydroxylation is 1. The van der Waals surface area contributed by atoms with Gasteiger partial charge in [0.25, 0.3) is 0 Å². The number of aromatic amines is 1. The smallest absolute Gasteiger partial charge is 0.229 e. The van der Waals surface area contributed by atoms with Crippen molar-refractivity contribution >= 4 is 23.4 Å². The van der Waals surface area contributed by atoms with Gasteiger partial charge in [-0.05, 0) is 31.9 Å². The third kappa shape index (κ3) is 5.53. The van der Waals surface area contributed by atoms with Gasteiger partial charge in [-0.2, -0.15) is 20.3 Å². The maximum absolute atomic E-state index is 8.94. The summed E-state index contributed by atoms with van der Waals surface area (Å²) in [7, 11) is 0. The first-order chi connectivity index (χ1) is 19.2. The number of aromatic nitrogens is 6. The van der Waals surface area contributed by atoms with E-state index in [1.807, 2.05) is 43.3 Å². The van der Waals surface area contributed by atoms with Crippen LogP contribution in [-0.2, 0) is 0 Å².